The second kappa shape index (κ2) is 9.89. The molecule has 1 aliphatic heterocycles. The van der Waals surface area contributed by atoms with Crippen LogP contribution in [-0.2, 0) is 16.3 Å². The fraction of sp³-hybridized carbons (Fsp3) is 0.478. The SMILES string of the molecule is C[Si](C)(C)CCOCn1ccc2nc(-c3cccnc3N[C@@H]3CCN(CC=O)C3)cnc21. The van der Waals surface area contributed by atoms with E-state index in [1.165, 1.54) is 0 Å². The minimum atomic E-state index is -1.10. The molecule has 0 spiro atoms. The first kappa shape index (κ1) is 22.6. The summed E-state index contributed by atoms with van der Waals surface area (Å²) in [5.74, 6) is 0.799. The van der Waals surface area contributed by atoms with Crippen LogP contribution in [0.2, 0.25) is 25.7 Å². The molecule has 1 N–H and O–H groups in total. The number of anilines is 1. The zero-order chi connectivity index (χ0) is 22.6. The normalized spacial score (nSPS) is 17.2. The third-order valence-corrected chi connectivity index (χ3v) is 7.42. The summed E-state index contributed by atoms with van der Waals surface area (Å²) in [7, 11) is -1.10. The van der Waals surface area contributed by atoms with Crippen LogP contribution in [0.1, 0.15) is 6.42 Å². The first-order valence-corrected chi connectivity index (χ1v) is 14.9. The van der Waals surface area contributed by atoms with E-state index in [9.17, 15) is 4.79 Å². The van der Waals surface area contributed by atoms with Gasteiger partial charge < -0.3 is 19.4 Å². The molecule has 0 aliphatic carbocycles. The van der Waals surface area contributed by atoms with Gasteiger partial charge in [-0.2, -0.15) is 0 Å². The molecule has 0 saturated carbocycles. The average molecular weight is 453 g/mol. The summed E-state index contributed by atoms with van der Waals surface area (Å²) in [6.07, 6.45) is 7.50. The van der Waals surface area contributed by atoms with E-state index in [1.807, 2.05) is 29.0 Å². The second-order valence-corrected chi connectivity index (χ2v) is 15.2. The molecule has 1 saturated heterocycles. The molecule has 4 heterocycles. The van der Waals surface area contributed by atoms with Crippen LogP contribution in [0, 0.1) is 0 Å². The van der Waals surface area contributed by atoms with Gasteiger partial charge in [-0.15, -0.1) is 0 Å². The standard InChI is InChI=1S/C23H32N6O2Si/c1-32(2,3)14-13-31-17-29-10-7-20-23(29)25-15-21(27-20)19-5-4-8-24-22(19)26-18-6-9-28(16-18)11-12-30/h4-5,7-8,10,12,15,18H,6,9,11,13-14,16-17H2,1-3H3,(H,24,26)/t18-/m1/s1. The van der Waals surface area contributed by atoms with Crippen LogP contribution in [-0.4, -0.2) is 71.1 Å². The quantitative estimate of drug-likeness (QED) is 0.286. The van der Waals surface area contributed by atoms with E-state index in [0.717, 1.165) is 66.7 Å². The second-order valence-electron chi connectivity index (χ2n) is 9.55. The Kier molecular flexibility index (Phi) is 6.97. The number of aromatic nitrogens is 4. The zero-order valence-electron chi connectivity index (χ0n) is 19.1. The molecule has 170 valence electrons. The molecular formula is C23H32N6O2Si. The minimum absolute atomic E-state index is 0.259. The number of hydrogen-bond acceptors (Lipinski definition) is 7. The molecule has 1 aliphatic rings. The lowest BCUT2D eigenvalue weighted by Crippen LogP contribution is -2.27. The summed E-state index contributed by atoms with van der Waals surface area (Å²) >= 11 is 0. The van der Waals surface area contributed by atoms with Crippen molar-refractivity contribution in [1.29, 1.82) is 0 Å². The number of pyridine rings is 1. The molecule has 9 heteroatoms. The van der Waals surface area contributed by atoms with E-state index < -0.39 is 8.07 Å². The van der Waals surface area contributed by atoms with Crippen molar-refractivity contribution in [2.75, 3.05) is 31.6 Å². The monoisotopic (exact) mass is 452 g/mol. The molecule has 0 unspecified atom stereocenters. The molecule has 1 fully saturated rings. The van der Waals surface area contributed by atoms with Crippen LogP contribution in [0.15, 0.2) is 36.8 Å². The Morgan fingerprint density at radius 1 is 1.28 bits per heavy atom. The topological polar surface area (TPSA) is 85.2 Å². The number of nitrogens with zero attached hydrogens (tertiary/aromatic N) is 5. The molecular weight excluding hydrogens is 420 g/mol. The van der Waals surface area contributed by atoms with Gasteiger partial charge in [0.2, 0.25) is 0 Å². The fourth-order valence-electron chi connectivity index (χ4n) is 3.88. The number of ether oxygens (including phenoxy) is 1. The van der Waals surface area contributed by atoms with Gasteiger partial charge in [0.05, 0.1) is 18.4 Å². The molecule has 0 radical (unpaired) electrons. The van der Waals surface area contributed by atoms with Gasteiger partial charge in [-0.1, -0.05) is 19.6 Å². The Hall–Kier alpha value is -2.62. The summed E-state index contributed by atoms with van der Waals surface area (Å²) < 4.78 is 7.88. The maximum Gasteiger partial charge on any atom is 0.160 e. The molecule has 3 aromatic heterocycles. The highest BCUT2D eigenvalue weighted by molar-refractivity contribution is 6.76. The molecule has 1 atom stereocenters. The van der Waals surface area contributed by atoms with Gasteiger partial charge in [0.15, 0.2) is 5.65 Å². The van der Waals surface area contributed by atoms with Crippen molar-refractivity contribution in [1.82, 2.24) is 24.4 Å². The van der Waals surface area contributed by atoms with E-state index >= 15 is 0 Å². The van der Waals surface area contributed by atoms with E-state index in [2.05, 4.69) is 39.8 Å². The Morgan fingerprint density at radius 3 is 2.97 bits per heavy atom. The summed E-state index contributed by atoms with van der Waals surface area (Å²) in [6.45, 7) is 10.5. The first-order valence-electron chi connectivity index (χ1n) is 11.2. The van der Waals surface area contributed by atoms with E-state index in [4.69, 9.17) is 9.72 Å². The summed E-state index contributed by atoms with van der Waals surface area (Å²) in [6, 6.07) is 7.31. The van der Waals surface area contributed by atoms with Gasteiger partial charge in [0.25, 0.3) is 0 Å². The van der Waals surface area contributed by atoms with Gasteiger partial charge >= 0.3 is 0 Å². The lowest BCUT2D eigenvalue weighted by atomic mass is 10.1. The molecule has 0 bridgehead atoms. The Labute approximate surface area is 190 Å². The number of likely N-dealkylation sites (tertiary alicyclic amines) is 1. The number of rotatable bonds is 10. The van der Waals surface area contributed by atoms with Gasteiger partial charge in [-0.25, -0.2) is 15.0 Å². The third kappa shape index (κ3) is 5.59. The molecule has 3 aromatic rings. The Bertz CT molecular complexity index is 1060. The van der Waals surface area contributed by atoms with Gasteiger partial charge in [0.1, 0.15) is 24.4 Å². The van der Waals surface area contributed by atoms with Crippen LogP contribution >= 0.6 is 0 Å². The van der Waals surface area contributed by atoms with Gasteiger partial charge in [0, 0.05) is 51.8 Å². The lowest BCUT2D eigenvalue weighted by molar-refractivity contribution is -0.108. The highest BCUT2D eigenvalue weighted by Gasteiger charge is 2.23. The number of fused-ring (bicyclic) bond motifs is 1. The van der Waals surface area contributed by atoms with Crippen molar-refractivity contribution in [3.05, 3.63) is 36.8 Å². The number of aldehydes is 1. The van der Waals surface area contributed by atoms with Crippen LogP contribution < -0.4 is 5.32 Å². The van der Waals surface area contributed by atoms with Crippen molar-refractivity contribution >= 4 is 31.3 Å². The van der Waals surface area contributed by atoms with Gasteiger partial charge in [-0.3, -0.25) is 4.90 Å². The molecule has 8 nitrogen and oxygen atoms in total. The highest BCUT2D eigenvalue weighted by atomic mass is 28.3. The first-order chi connectivity index (χ1) is 15.4. The Balaban J connectivity index is 1.47. The van der Waals surface area contributed by atoms with Gasteiger partial charge in [-0.05, 0) is 30.7 Å². The largest absolute Gasteiger partial charge is 0.365 e. The smallest absolute Gasteiger partial charge is 0.160 e. The molecule has 0 amide bonds. The minimum Gasteiger partial charge on any atom is -0.365 e. The fourth-order valence-corrected chi connectivity index (χ4v) is 4.64. The summed E-state index contributed by atoms with van der Waals surface area (Å²) in [5.41, 5.74) is 3.37. The van der Waals surface area contributed by atoms with Crippen molar-refractivity contribution in [2.45, 2.75) is 44.9 Å². The summed E-state index contributed by atoms with van der Waals surface area (Å²) in [4.78, 5) is 27.0. The van der Waals surface area contributed by atoms with Crippen molar-refractivity contribution in [2.24, 2.45) is 0 Å². The number of carbonyl (C=O) groups excluding carboxylic acids is 1. The number of carbonyl (C=O) groups is 1. The average Bonchev–Trinajstić information content (AvgIpc) is 3.37. The van der Waals surface area contributed by atoms with E-state index in [0.29, 0.717) is 13.3 Å². The number of hydrogen-bond donors (Lipinski definition) is 1. The van der Waals surface area contributed by atoms with Crippen LogP contribution in [0.4, 0.5) is 5.82 Å². The third-order valence-electron chi connectivity index (χ3n) is 5.72. The predicted octanol–water partition coefficient (Wildman–Crippen LogP) is 3.49. The van der Waals surface area contributed by atoms with Crippen molar-refractivity contribution < 1.29 is 9.53 Å². The molecule has 32 heavy (non-hydrogen) atoms. The van der Waals surface area contributed by atoms with Crippen LogP contribution in [0.3, 0.4) is 0 Å². The van der Waals surface area contributed by atoms with E-state index in [1.54, 1.807) is 12.4 Å². The van der Waals surface area contributed by atoms with E-state index in [-0.39, 0.29) is 6.04 Å². The predicted molar refractivity (Wildman–Crippen MR) is 129 cm³/mol. The number of nitrogens with one attached hydrogen (secondary N) is 1. The molecule has 4 rings (SSSR count). The van der Waals surface area contributed by atoms with Crippen molar-refractivity contribution in [3.8, 4) is 11.3 Å². The van der Waals surface area contributed by atoms with Crippen LogP contribution in [0.5, 0.6) is 0 Å². The van der Waals surface area contributed by atoms with Crippen LogP contribution in [0.25, 0.3) is 22.4 Å². The maximum atomic E-state index is 10.8. The summed E-state index contributed by atoms with van der Waals surface area (Å²) in [5, 5.41) is 3.54. The Morgan fingerprint density at radius 2 is 2.16 bits per heavy atom. The van der Waals surface area contributed by atoms with Crippen molar-refractivity contribution in [3.63, 3.8) is 0 Å². The lowest BCUT2D eigenvalue weighted by Gasteiger charge is -2.17. The zero-order valence-corrected chi connectivity index (χ0v) is 20.1. The maximum absolute atomic E-state index is 10.8. The highest BCUT2D eigenvalue weighted by Crippen LogP contribution is 2.27. The molecule has 0 aromatic carbocycles.